The van der Waals surface area contributed by atoms with Crippen LogP contribution in [0.1, 0.15) is 92.9 Å². The van der Waals surface area contributed by atoms with Crippen molar-refractivity contribution in [3.8, 4) is 11.4 Å². The number of nitrogens with zero attached hydrogens (tertiary/aromatic N) is 6. The molecule has 0 unspecified atom stereocenters. The number of rotatable bonds is 6. The molecule has 0 radical (unpaired) electrons. The van der Waals surface area contributed by atoms with E-state index in [1.54, 1.807) is 4.68 Å². The van der Waals surface area contributed by atoms with Crippen molar-refractivity contribution in [2.45, 2.75) is 77.0 Å². The lowest BCUT2D eigenvalue weighted by molar-refractivity contribution is 0.171. The lowest BCUT2D eigenvalue weighted by Gasteiger charge is -2.32. The van der Waals surface area contributed by atoms with Crippen molar-refractivity contribution in [3.63, 3.8) is 0 Å². The van der Waals surface area contributed by atoms with E-state index in [9.17, 15) is 4.79 Å². The van der Waals surface area contributed by atoms with E-state index in [2.05, 4.69) is 77.0 Å². The topological polar surface area (TPSA) is 102 Å². The number of nitrogens with one attached hydrogen (secondary N) is 2. The summed E-state index contributed by atoms with van der Waals surface area (Å²) < 4.78 is 10.5. The molecule has 10 nitrogen and oxygen atoms in total. The van der Waals surface area contributed by atoms with Crippen LogP contribution in [0.5, 0.6) is 5.75 Å². The molecule has 2 aromatic carbocycles. The average molecular weight is 619 g/mol. The summed E-state index contributed by atoms with van der Waals surface area (Å²) in [5, 5.41) is 20.1. The zero-order chi connectivity index (χ0) is 32.0. The molecule has 0 spiro atoms. The predicted octanol–water partition coefficient (Wildman–Crippen LogP) is 7.06. The highest BCUT2D eigenvalue weighted by molar-refractivity contribution is 5.89. The number of likely N-dealkylation sites (tertiary alicyclic amines) is 1. The summed E-state index contributed by atoms with van der Waals surface area (Å²) >= 11 is 0. The Bertz CT molecular complexity index is 1870. The summed E-state index contributed by atoms with van der Waals surface area (Å²) in [7, 11) is 2.14. The molecule has 3 aromatic heterocycles. The molecule has 2 amide bonds. The highest BCUT2D eigenvalue weighted by Gasteiger charge is 2.31. The number of anilines is 1. The summed E-state index contributed by atoms with van der Waals surface area (Å²) in [4.78, 5) is 15.8. The van der Waals surface area contributed by atoms with Crippen LogP contribution >= 0.6 is 0 Å². The number of benzene rings is 2. The molecule has 238 valence electrons. The average Bonchev–Trinajstić information content (AvgIpc) is 3.77. The van der Waals surface area contributed by atoms with E-state index in [0.29, 0.717) is 5.82 Å². The molecule has 7 rings (SSSR count). The minimum Gasteiger partial charge on any atom is -0.484 e. The summed E-state index contributed by atoms with van der Waals surface area (Å²) in [6, 6.07) is 22.1. The molecule has 0 bridgehead atoms. The minimum atomic E-state index is -0.268. The number of pyridine rings is 1. The van der Waals surface area contributed by atoms with Crippen LogP contribution in [0.4, 0.5) is 10.6 Å². The summed E-state index contributed by atoms with van der Waals surface area (Å²) in [6.07, 6.45) is 5.61. The first-order valence-electron chi connectivity index (χ1n) is 16.2. The minimum absolute atomic E-state index is 0.138. The largest absolute Gasteiger partial charge is 0.484 e. The third kappa shape index (κ3) is 5.85. The molecule has 1 aliphatic heterocycles. The van der Waals surface area contributed by atoms with Crippen LogP contribution in [0.25, 0.3) is 11.3 Å². The molecule has 5 aromatic rings. The number of aromatic nitrogens is 5. The summed E-state index contributed by atoms with van der Waals surface area (Å²) in [6.45, 7) is 9.48. The van der Waals surface area contributed by atoms with Crippen molar-refractivity contribution >= 4 is 17.5 Å². The number of ether oxygens (including phenoxy) is 1. The zero-order valence-corrected chi connectivity index (χ0v) is 27.2. The Morgan fingerprint density at radius 3 is 2.48 bits per heavy atom. The van der Waals surface area contributed by atoms with Crippen LogP contribution in [0.15, 0.2) is 72.9 Å². The molecular weight excluding hydrogens is 576 g/mol. The normalized spacial score (nSPS) is 20.1. The van der Waals surface area contributed by atoms with Gasteiger partial charge in [0.1, 0.15) is 17.7 Å². The Balaban J connectivity index is 1.09. The van der Waals surface area contributed by atoms with Gasteiger partial charge >= 0.3 is 6.03 Å². The molecule has 2 aliphatic rings. The number of urea groups is 1. The van der Waals surface area contributed by atoms with Gasteiger partial charge in [0.15, 0.2) is 11.5 Å². The maximum absolute atomic E-state index is 13.5. The van der Waals surface area contributed by atoms with Gasteiger partial charge in [-0.25, -0.2) is 9.48 Å². The van der Waals surface area contributed by atoms with Gasteiger partial charge in [0.2, 0.25) is 0 Å². The zero-order valence-electron chi connectivity index (χ0n) is 27.2. The van der Waals surface area contributed by atoms with E-state index >= 15 is 0 Å². The number of aryl methyl sites for hydroxylation is 1. The van der Waals surface area contributed by atoms with Gasteiger partial charge in [0.05, 0.1) is 29.7 Å². The van der Waals surface area contributed by atoms with Crippen LogP contribution < -0.4 is 15.4 Å². The Kier molecular flexibility index (Phi) is 7.76. The lowest BCUT2D eigenvalue weighted by Crippen LogP contribution is -2.36. The first-order valence-corrected chi connectivity index (χ1v) is 16.2. The smallest absolute Gasteiger partial charge is 0.320 e. The van der Waals surface area contributed by atoms with E-state index < -0.39 is 0 Å². The monoisotopic (exact) mass is 618 g/mol. The SMILES string of the molecule is Cc1ccc(-n2nc(C(C)(C)C)cc2NC(=O)N[C@H]2CC[C@H](Oc3ccc4nnc([C@@H]5CCCN5C)n4c3)c3ccccc32)cc1. The fraction of sp³-hybridized carbons (Fsp3) is 0.389. The van der Waals surface area contributed by atoms with E-state index in [4.69, 9.17) is 9.84 Å². The first kappa shape index (κ1) is 30.0. The first-order chi connectivity index (χ1) is 22.1. The highest BCUT2D eigenvalue weighted by Crippen LogP contribution is 2.39. The third-order valence-corrected chi connectivity index (χ3v) is 9.24. The van der Waals surface area contributed by atoms with Crippen LogP contribution in [0, 0.1) is 6.92 Å². The number of fused-ring (bicyclic) bond motifs is 2. The molecule has 46 heavy (non-hydrogen) atoms. The second-order valence-electron chi connectivity index (χ2n) is 13.7. The molecule has 10 heteroatoms. The molecular formula is C36H42N8O2. The summed E-state index contributed by atoms with van der Waals surface area (Å²) in [5.41, 5.74) is 5.75. The van der Waals surface area contributed by atoms with Gasteiger partial charge in [-0.15, -0.1) is 10.2 Å². The van der Waals surface area contributed by atoms with Gasteiger partial charge in [-0.1, -0.05) is 62.7 Å². The van der Waals surface area contributed by atoms with Crippen LogP contribution in [0.2, 0.25) is 0 Å². The summed E-state index contributed by atoms with van der Waals surface area (Å²) in [5.74, 6) is 2.36. The van der Waals surface area contributed by atoms with E-state index in [1.165, 1.54) is 5.56 Å². The van der Waals surface area contributed by atoms with Gasteiger partial charge in [-0.05, 0) is 81.6 Å². The van der Waals surface area contributed by atoms with E-state index in [-0.39, 0.29) is 29.6 Å². The number of hydrogen-bond acceptors (Lipinski definition) is 6. The van der Waals surface area contributed by atoms with Crippen molar-refractivity contribution in [2.24, 2.45) is 0 Å². The number of amides is 2. The fourth-order valence-corrected chi connectivity index (χ4v) is 6.64. The van der Waals surface area contributed by atoms with Crippen molar-refractivity contribution in [3.05, 3.63) is 101 Å². The van der Waals surface area contributed by atoms with Crippen molar-refractivity contribution in [2.75, 3.05) is 18.9 Å². The second kappa shape index (κ2) is 11.9. The predicted molar refractivity (Wildman–Crippen MR) is 179 cm³/mol. The van der Waals surface area contributed by atoms with Crippen molar-refractivity contribution in [1.82, 2.24) is 34.6 Å². The Labute approximate surface area is 269 Å². The number of carbonyl (C=O) groups is 1. The van der Waals surface area contributed by atoms with Gasteiger partial charge in [-0.2, -0.15) is 5.10 Å². The fourth-order valence-electron chi connectivity index (χ4n) is 6.64. The van der Waals surface area contributed by atoms with Gasteiger partial charge in [0.25, 0.3) is 0 Å². The van der Waals surface area contributed by atoms with Crippen LogP contribution in [0.3, 0.4) is 0 Å². The number of carbonyl (C=O) groups excluding carboxylic acids is 1. The van der Waals surface area contributed by atoms with E-state index in [0.717, 1.165) is 72.0 Å². The molecule has 0 saturated carbocycles. The van der Waals surface area contributed by atoms with Gasteiger partial charge in [-0.3, -0.25) is 14.6 Å². The molecule has 3 atom stereocenters. The highest BCUT2D eigenvalue weighted by atomic mass is 16.5. The second-order valence-corrected chi connectivity index (χ2v) is 13.7. The quantitative estimate of drug-likeness (QED) is 0.211. The van der Waals surface area contributed by atoms with Gasteiger partial charge in [0, 0.05) is 11.5 Å². The Morgan fingerprint density at radius 2 is 1.74 bits per heavy atom. The third-order valence-electron chi connectivity index (χ3n) is 9.24. The lowest BCUT2D eigenvalue weighted by atomic mass is 9.85. The van der Waals surface area contributed by atoms with Crippen LogP contribution in [-0.4, -0.2) is 48.9 Å². The Hall–Kier alpha value is -4.70. The molecule has 1 saturated heterocycles. The molecule has 1 aliphatic carbocycles. The molecule has 2 N–H and O–H groups in total. The van der Waals surface area contributed by atoms with Crippen molar-refractivity contribution in [1.29, 1.82) is 0 Å². The molecule has 1 fully saturated rings. The number of hydrogen-bond donors (Lipinski definition) is 2. The van der Waals surface area contributed by atoms with Crippen molar-refractivity contribution < 1.29 is 9.53 Å². The maximum atomic E-state index is 13.5. The van der Waals surface area contributed by atoms with Crippen LogP contribution in [-0.2, 0) is 5.41 Å². The van der Waals surface area contributed by atoms with E-state index in [1.807, 2.05) is 60.8 Å². The maximum Gasteiger partial charge on any atom is 0.320 e. The molecule has 4 heterocycles. The standard InChI is InChI=1S/C36H42N8O2/c1-23-12-14-24(15-13-23)44-33(21-31(41-44)36(2,3)4)38-35(45)37-28-17-18-30(27-10-7-6-9-26(27)28)46-25-16-19-32-39-40-34(43(32)22-25)29-11-8-20-42(29)5/h6-7,9-10,12-16,19,21-22,28-30H,8,11,17-18,20H2,1-5H3,(H2,37,38,45)/t28-,29-,30-/m0/s1. The van der Waals surface area contributed by atoms with Gasteiger partial charge < -0.3 is 10.1 Å². The Morgan fingerprint density at radius 1 is 0.957 bits per heavy atom.